The zero-order chi connectivity index (χ0) is 17.3. The Balaban J connectivity index is 1.90. The predicted octanol–water partition coefficient (Wildman–Crippen LogP) is 1.54. The second-order valence-corrected chi connectivity index (χ2v) is 7.42. The zero-order valence-electron chi connectivity index (χ0n) is 15.4. The van der Waals surface area contributed by atoms with Gasteiger partial charge < -0.3 is 25.2 Å². The van der Waals surface area contributed by atoms with E-state index in [4.69, 9.17) is 14.5 Å². The number of aliphatic hydroxyl groups is 1. The molecule has 1 aliphatic carbocycles. The molecule has 24 heavy (non-hydrogen) atoms. The Labute approximate surface area is 146 Å². The van der Waals surface area contributed by atoms with Crippen LogP contribution in [0.4, 0.5) is 0 Å². The molecule has 1 saturated heterocycles. The molecule has 0 spiro atoms. The van der Waals surface area contributed by atoms with Gasteiger partial charge in [0.25, 0.3) is 0 Å². The van der Waals surface area contributed by atoms with Crippen molar-refractivity contribution in [1.82, 2.24) is 10.6 Å². The van der Waals surface area contributed by atoms with Gasteiger partial charge in [-0.3, -0.25) is 4.99 Å². The fourth-order valence-electron chi connectivity index (χ4n) is 3.54. The highest BCUT2D eigenvalue weighted by Gasteiger charge is 2.36. The lowest BCUT2D eigenvalue weighted by Gasteiger charge is -2.42. The van der Waals surface area contributed by atoms with E-state index in [1.807, 2.05) is 0 Å². The summed E-state index contributed by atoms with van der Waals surface area (Å²) >= 11 is 0. The molecule has 3 N–H and O–H groups in total. The van der Waals surface area contributed by atoms with Crippen LogP contribution in [-0.2, 0) is 9.47 Å². The highest BCUT2D eigenvalue weighted by molar-refractivity contribution is 5.79. The molecule has 0 unspecified atom stereocenters. The summed E-state index contributed by atoms with van der Waals surface area (Å²) in [5, 5.41) is 16.7. The van der Waals surface area contributed by atoms with E-state index in [9.17, 15) is 5.11 Å². The normalized spacial score (nSPS) is 22.7. The van der Waals surface area contributed by atoms with Gasteiger partial charge in [-0.15, -0.1) is 0 Å². The molecule has 140 valence electrons. The molecule has 1 aliphatic heterocycles. The number of nitrogens with one attached hydrogen (secondary N) is 2. The predicted molar refractivity (Wildman–Crippen MR) is 96.3 cm³/mol. The molecule has 0 amide bonds. The summed E-state index contributed by atoms with van der Waals surface area (Å²) in [7, 11) is 1.77. The van der Waals surface area contributed by atoms with Gasteiger partial charge in [0, 0.05) is 45.4 Å². The van der Waals surface area contributed by atoms with Crippen LogP contribution in [0.5, 0.6) is 0 Å². The molecule has 6 heteroatoms. The van der Waals surface area contributed by atoms with Gasteiger partial charge in [-0.05, 0) is 44.4 Å². The number of rotatable bonds is 9. The molecule has 2 rings (SSSR count). The van der Waals surface area contributed by atoms with E-state index in [0.717, 1.165) is 58.1 Å². The first-order valence-corrected chi connectivity index (χ1v) is 9.37. The van der Waals surface area contributed by atoms with E-state index in [2.05, 4.69) is 17.6 Å². The van der Waals surface area contributed by atoms with Crippen LogP contribution in [0.1, 0.15) is 45.4 Å². The Morgan fingerprint density at radius 3 is 2.46 bits per heavy atom. The third-order valence-electron chi connectivity index (χ3n) is 5.69. The van der Waals surface area contributed by atoms with Crippen molar-refractivity contribution >= 4 is 5.96 Å². The van der Waals surface area contributed by atoms with Crippen LogP contribution < -0.4 is 10.6 Å². The molecule has 1 heterocycles. The summed E-state index contributed by atoms with van der Waals surface area (Å²) in [6.07, 6.45) is 6.70. The first-order chi connectivity index (χ1) is 11.7. The lowest BCUT2D eigenvalue weighted by atomic mass is 9.67. The number of aliphatic hydroxyl groups excluding tert-OH is 1. The molecule has 0 radical (unpaired) electrons. The van der Waals surface area contributed by atoms with E-state index < -0.39 is 0 Å². The Bertz CT molecular complexity index is 391. The van der Waals surface area contributed by atoms with Crippen LogP contribution in [-0.4, -0.2) is 64.2 Å². The Morgan fingerprint density at radius 1 is 1.17 bits per heavy atom. The Kier molecular flexibility index (Phi) is 7.78. The highest BCUT2D eigenvalue weighted by Crippen LogP contribution is 2.43. The number of aliphatic imine (C=N–C) groups is 1. The molecule has 0 atom stereocenters. The monoisotopic (exact) mass is 341 g/mol. The molecule has 2 fully saturated rings. The maximum atomic E-state index is 9.81. The number of hydrogen-bond acceptors (Lipinski definition) is 4. The third-order valence-corrected chi connectivity index (χ3v) is 5.69. The summed E-state index contributed by atoms with van der Waals surface area (Å²) in [6, 6.07) is 0. The maximum Gasteiger partial charge on any atom is 0.191 e. The first-order valence-electron chi connectivity index (χ1n) is 9.37. The number of hydrogen-bond donors (Lipinski definition) is 3. The molecule has 6 nitrogen and oxygen atoms in total. The Hall–Kier alpha value is -0.850. The average Bonchev–Trinajstić information content (AvgIpc) is 2.59. The standard InChI is InChI=1S/C18H35N3O3/c1-3-19-16(20-13-17(5-4-6-17)7-10-23-2)21-14-18(15-22)8-11-24-12-9-18/h22H,3-15H2,1-2H3,(H2,19,20,21). The second-order valence-electron chi connectivity index (χ2n) is 7.42. The van der Waals surface area contributed by atoms with Gasteiger partial charge in [0.2, 0.25) is 0 Å². The topological polar surface area (TPSA) is 75.1 Å². The SMILES string of the molecule is CCNC(=NCC1(CO)CCOCC1)NCC1(CCOC)CCC1. The Morgan fingerprint density at radius 2 is 1.92 bits per heavy atom. The van der Waals surface area contributed by atoms with E-state index >= 15 is 0 Å². The van der Waals surface area contributed by atoms with Gasteiger partial charge in [-0.1, -0.05) is 6.42 Å². The molecule has 0 bridgehead atoms. The van der Waals surface area contributed by atoms with Gasteiger partial charge in [-0.2, -0.15) is 0 Å². The fourth-order valence-corrected chi connectivity index (χ4v) is 3.54. The molecular weight excluding hydrogens is 306 g/mol. The van der Waals surface area contributed by atoms with Crippen LogP contribution in [0.15, 0.2) is 4.99 Å². The zero-order valence-corrected chi connectivity index (χ0v) is 15.4. The lowest BCUT2D eigenvalue weighted by molar-refractivity contribution is -0.0106. The summed E-state index contributed by atoms with van der Waals surface area (Å²) in [6.45, 7) is 6.95. The van der Waals surface area contributed by atoms with Gasteiger partial charge >= 0.3 is 0 Å². The van der Waals surface area contributed by atoms with Gasteiger partial charge in [0.05, 0.1) is 13.2 Å². The summed E-state index contributed by atoms with van der Waals surface area (Å²) < 4.78 is 10.7. The third kappa shape index (κ3) is 5.33. The lowest BCUT2D eigenvalue weighted by Crippen LogP contribution is -2.47. The van der Waals surface area contributed by atoms with Crippen molar-refractivity contribution in [3.05, 3.63) is 0 Å². The van der Waals surface area contributed by atoms with Crippen molar-refractivity contribution < 1.29 is 14.6 Å². The van der Waals surface area contributed by atoms with Crippen molar-refractivity contribution in [3.63, 3.8) is 0 Å². The van der Waals surface area contributed by atoms with E-state index in [0.29, 0.717) is 12.0 Å². The summed E-state index contributed by atoms with van der Waals surface area (Å²) in [5.74, 6) is 0.862. The number of methoxy groups -OCH3 is 1. The number of ether oxygens (including phenoxy) is 2. The second kappa shape index (κ2) is 9.59. The minimum absolute atomic E-state index is 0.120. The smallest absolute Gasteiger partial charge is 0.191 e. The van der Waals surface area contributed by atoms with Gasteiger partial charge in [0.1, 0.15) is 0 Å². The molecule has 0 aromatic rings. The number of guanidine groups is 1. The van der Waals surface area contributed by atoms with Crippen molar-refractivity contribution in [2.24, 2.45) is 15.8 Å². The van der Waals surface area contributed by atoms with Gasteiger partial charge in [0.15, 0.2) is 5.96 Å². The summed E-state index contributed by atoms with van der Waals surface area (Å²) in [5.41, 5.74) is 0.240. The van der Waals surface area contributed by atoms with Crippen molar-refractivity contribution in [3.8, 4) is 0 Å². The van der Waals surface area contributed by atoms with Crippen LogP contribution in [0.2, 0.25) is 0 Å². The quantitative estimate of drug-likeness (QED) is 0.438. The van der Waals surface area contributed by atoms with Crippen molar-refractivity contribution in [1.29, 1.82) is 0 Å². The minimum Gasteiger partial charge on any atom is -0.396 e. The molecule has 2 aliphatic rings. The van der Waals surface area contributed by atoms with Crippen LogP contribution >= 0.6 is 0 Å². The van der Waals surface area contributed by atoms with E-state index in [1.165, 1.54) is 19.3 Å². The average molecular weight is 341 g/mol. The molecule has 1 saturated carbocycles. The highest BCUT2D eigenvalue weighted by atomic mass is 16.5. The summed E-state index contributed by atoms with van der Waals surface area (Å²) in [4.78, 5) is 4.77. The van der Waals surface area contributed by atoms with Gasteiger partial charge in [-0.25, -0.2) is 0 Å². The van der Waals surface area contributed by atoms with Crippen molar-refractivity contribution in [2.75, 3.05) is 53.2 Å². The maximum absolute atomic E-state index is 9.81. The number of nitrogens with zero attached hydrogens (tertiary/aromatic N) is 1. The molecular formula is C18H35N3O3. The molecule has 0 aromatic heterocycles. The van der Waals surface area contributed by atoms with Crippen LogP contribution in [0.25, 0.3) is 0 Å². The van der Waals surface area contributed by atoms with E-state index in [1.54, 1.807) is 7.11 Å². The van der Waals surface area contributed by atoms with Crippen LogP contribution in [0, 0.1) is 10.8 Å². The largest absolute Gasteiger partial charge is 0.396 e. The van der Waals surface area contributed by atoms with Crippen molar-refractivity contribution in [2.45, 2.75) is 45.4 Å². The van der Waals surface area contributed by atoms with E-state index in [-0.39, 0.29) is 12.0 Å². The van der Waals surface area contributed by atoms with Crippen LogP contribution in [0.3, 0.4) is 0 Å². The minimum atomic E-state index is -0.120. The fraction of sp³-hybridized carbons (Fsp3) is 0.944. The first kappa shape index (κ1) is 19.5. The molecule has 0 aromatic carbocycles.